The van der Waals surface area contributed by atoms with Gasteiger partial charge in [-0.3, -0.25) is 9.20 Å². The summed E-state index contributed by atoms with van der Waals surface area (Å²) in [6, 6.07) is 6.32. The Labute approximate surface area is 252 Å². The van der Waals surface area contributed by atoms with Crippen molar-refractivity contribution in [1.29, 1.82) is 0 Å². The molecular weight excluding hydrogens is 598 g/mol. The highest BCUT2D eigenvalue weighted by molar-refractivity contribution is 7.91. The number of imidazole rings is 1. The van der Waals surface area contributed by atoms with E-state index in [-0.39, 0.29) is 34.7 Å². The minimum absolute atomic E-state index is 0.0745. The summed E-state index contributed by atoms with van der Waals surface area (Å²) in [5.74, 6) is -2.46. The van der Waals surface area contributed by atoms with E-state index in [2.05, 4.69) is 25.8 Å². The first kappa shape index (κ1) is 30.7. The largest absolute Gasteiger partial charge is 0.513 e. The average Bonchev–Trinajstić information content (AvgIpc) is 3.52. The molecule has 1 aromatic carbocycles. The van der Waals surface area contributed by atoms with Crippen molar-refractivity contribution in [1.82, 2.24) is 14.3 Å². The fourth-order valence-electron chi connectivity index (χ4n) is 5.97. The summed E-state index contributed by atoms with van der Waals surface area (Å²) in [6.45, 7) is 9.24. The zero-order valence-corrected chi connectivity index (χ0v) is 26.2. The number of benzene rings is 1. The predicted molar refractivity (Wildman–Crippen MR) is 156 cm³/mol. The van der Waals surface area contributed by atoms with Gasteiger partial charge in [0.1, 0.15) is 22.6 Å². The number of carboxylic acids is 1. The number of carbonyl (C=O) groups is 3. The molecular formula is C29H33N3O9S2. The third-order valence-corrected chi connectivity index (χ3v) is 10.4. The topological polar surface area (TPSA) is 165 Å². The number of rotatable bonds is 8. The maximum atomic E-state index is 13.1. The smallest absolute Gasteiger partial charge is 0.477 e. The van der Waals surface area contributed by atoms with E-state index >= 15 is 0 Å². The second kappa shape index (κ2) is 10.5. The van der Waals surface area contributed by atoms with Crippen LogP contribution in [0, 0.1) is 11.3 Å². The van der Waals surface area contributed by atoms with Gasteiger partial charge < -0.3 is 24.6 Å². The summed E-state index contributed by atoms with van der Waals surface area (Å²) in [5.41, 5.74) is -0.0823. The van der Waals surface area contributed by atoms with Crippen LogP contribution < -0.4 is 4.74 Å². The van der Waals surface area contributed by atoms with Gasteiger partial charge in [0.05, 0.1) is 29.5 Å². The van der Waals surface area contributed by atoms with Crippen LogP contribution in [0.1, 0.15) is 51.5 Å². The number of carboxylic acid groups (broad SMARTS) is 1. The van der Waals surface area contributed by atoms with Crippen LogP contribution in [0.15, 0.2) is 47.5 Å². The van der Waals surface area contributed by atoms with Crippen molar-refractivity contribution in [3.05, 3.63) is 52.9 Å². The fourth-order valence-corrected chi connectivity index (χ4v) is 8.37. The van der Waals surface area contributed by atoms with Gasteiger partial charge >= 0.3 is 12.1 Å². The Morgan fingerprint density at radius 2 is 1.86 bits per heavy atom. The van der Waals surface area contributed by atoms with Gasteiger partial charge in [-0.2, -0.15) is 0 Å². The highest BCUT2D eigenvalue weighted by atomic mass is 32.2. The molecule has 3 aromatic rings. The number of sulfone groups is 1. The number of aliphatic hydroxyl groups is 1. The van der Waals surface area contributed by atoms with E-state index in [4.69, 9.17) is 9.47 Å². The first-order chi connectivity index (χ1) is 19.9. The molecule has 1 fully saturated rings. The first-order valence-electron chi connectivity index (χ1n) is 13.6. The lowest BCUT2D eigenvalue weighted by Gasteiger charge is -2.50. The van der Waals surface area contributed by atoms with E-state index in [1.165, 1.54) is 22.6 Å². The molecule has 1 saturated heterocycles. The monoisotopic (exact) mass is 631 g/mol. The van der Waals surface area contributed by atoms with Crippen LogP contribution in [0.5, 0.6) is 5.75 Å². The lowest BCUT2D eigenvalue weighted by molar-refractivity contribution is -0.167. The van der Waals surface area contributed by atoms with E-state index in [0.717, 1.165) is 23.2 Å². The third kappa shape index (κ3) is 5.21. The van der Waals surface area contributed by atoms with Crippen molar-refractivity contribution < 1.29 is 42.5 Å². The second-order valence-electron chi connectivity index (χ2n) is 12.2. The maximum Gasteiger partial charge on any atom is 0.513 e. The molecule has 4 heterocycles. The van der Waals surface area contributed by atoms with Gasteiger partial charge in [0.2, 0.25) is 5.91 Å². The molecule has 2 aliphatic rings. The van der Waals surface area contributed by atoms with Crippen LogP contribution in [0.25, 0.3) is 10.4 Å². The Bertz CT molecular complexity index is 1760. The minimum atomic E-state index is -3.68. The minimum Gasteiger partial charge on any atom is -0.477 e. The standard InChI is InChI=1S/C29H33N3O9S2/c1-15(33)19-22-29(5,11-12-40-27(37)41-17-9-7-16(8-10-17)28(2,3)4)20(21(26(35)36)32(22)24(19)34)18-13-31-14-30-23(25(31)42-18)43(6,38)39/h7-10,13-15,19,22,33H,11-12H2,1-6H3,(H,35,36)/t15?,19-,22-,29+/m1/s1. The Kier molecular flexibility index (Phi) is 7.46. The predicted octanol–water partition coefficient (Wildman–Crippen LogP) is 3.73. The molecule has 0 radical (unpaired) electrons. The van der Waals surface area contributed by atoms with E-state index < -0.39 is 51.3 Å². The molecule has 0 saturated carbocycles. The summed E-state index contributed by atoms with van der Waals surface area (Å²) >= 11 is 1.03. The number of hydrogen-bond donors (Lipinski definition) is 2. The molecule has 0 spiro atoms. The van der Waals surface area contributed by atoms with Gasteiger partial charge in [-0.1, -0.05) is 39.8 Å². The SMILES string of the molecule is CC(O)[C@H]1C(=O)N2C(C(=O)O)=C(c3cn4cnc(S(C)(=O)=O)c4s3)[C@](C)(CCOC(=O)Oc3ccc(C(C)(C)C)cc3)[C@@H]12. The third-order valence-electron chi connectivity index (χ3n) is 8.11. The molecule has 0 bridgehead atoms. The van der Waals surface area contributed by atoms with E-state index in [1.807, 2.05) is 12.1 Å². The highest BCUT2D eigenvalue weighted by Gasteiger charge is 2.66. The van der Waals surface area contributed by atoms with Gasteiger partial charge in [0, 0.05) is 23.4 Å². The maximum absolute atomic E-state index is 13.1. The van der Waals surface area contributed by atoms with Crippen LogP contribution >= 0.6 is 11.3 Å². The fraction of sp³-hybridized carbons (Fsp3) is 0.448. The van der Waals surface area contributed by atoms with Crippen molar-refractivity contribution >= 4 is 49.6 Å². The number of thiazole rings is 1. The number of aromatic nitrogens is 2. The zero-order valence-electron chi connectivity index (χ0n) is 24.5. The Morgan fingerprint density at radius 1 is 1.21 bits per heavy atom. The number of aliphatic hydroxyl groups excluding tert-OH is 1. The molecule has 0 aliphatic carbocycles. The number of amides is 1. The van der Waals surface area contributed by atoms with Crippen LogP contribution in [0.2, 0.25) is 0 Å². The van der Waals surface area contributed by atoms with Gasteiger partial charge in [0.15, 0.2) is 14.9 Å². The molecule has 12 nitrogen and oxygen atoms in total. The molecule has 43 heavy (non-hydrogen) atoms. The second-order valence-corrected chi connectivity index (χ2v) is 15.2. The van der Waals surface area contributed by atoms with Crippen molar-refractivity contribution in [2.45, 2.75) is 63.6 Å². The molecule has 2 aromatic heterocycles. The van der Waals surface area contributed by atoms with E-state index in [0.29, 0.717) is 15.5 Å². The summed E-state index contributed by atoms with van der Waals surface area (Å²) in [4.78, 5) is 44.2. The summed E-state index contributed by atoms with van der Waals surface area (Å²) in [6.07, 6.45) is 2.00. The molecule has 2 N–H and O–H groups in total. The van der Waals surface area contributed by atoms with Gasteiger partial charge in [-0.25, -0.2) is 23.0 Å². The Hall–Kier alpha value is -3.75. The van der Waals surface area contributed by atoms with Crippen molar-refractivity contribution in [3.63, 3.8) is 0 Å². The van der Waals surface area contributed by atoms with Crippen molar-refractivity contribution in [2.75, 3.05) is 12.9 Å². The molecule has 1 amide bonds. The van der Waals surface area contributed by atoms with E-state index in [1.54, 1.807) is 25.3 Å². The number of nitrogens with zero attached hydrogens (tertiary/aromatic N) is 3. The van der Waals surface area contributed by atoms with Crippen LogP contribution in [-0.4, -0.2) is 76.0 Å². The number of β-lactam (4-membered cyclic amide) rings is 1. The lowest BCUT2D eigenvalue weighted by Crippen LogP contribution is -2.66. The van der Waals surface area contributed by atoms with Crippen molar-refractivity contribution in [2.24, 2.45) is 11.3 Å². The molecule has 14 heteroatoms. The molecule has 5 rings (SSSR count). The summed E-state index contributed by atoms with van der Waals surface area (Å²) in [5, 5.41) is 20.6. The number of ether oxygens (including phenoxy) is 2. The number of fused-ring (bicyclic) bond motifs is 2. The van der Waals surface area contributed by atoms with Gasteiger partial charge in [-0.15, -0.1) is 11.3 Å². The molecule has 230 valence electrons. The summed E-state index contributed by atoms with van der Waals surface area (Å²) < 4.78 is 36.8. The van der Waals surface area contributed by atoms with Gasteiger partial charge in [-0.05, 0) is 36.5 Å². The van der Waals surface area contributed by atoms with Crippen LogP contribution in [0.3, 0.4) is 0 Å². The average molecular weight is 632 g/mol. The Balaban J connectivity index is 1.45. The number of aliphatic carboxylic acids is 1. The van der Waals surface area contributed by atoms with Crippen molar-refractivity contribution in [3.8, 4) is 5.75 Å². The van der Waals surface area contributed by atoms with Crippen LogP contribution in [-0.2, 0) is 29.6 Å². The van der Waals surface area contributed by atoms with Crippen LogP contribution in [0.4, 0.5) is 4.79 Å². The summed E-state index contributed by atoms with van der Waals surface area (Å²) in [7, 11) is -3.68. The quantitative estimate of drug-likeness (QED) is 0.213. The highest BCUT2D eigenvalue weighted by Crippen LogP contribution is 2.60. The first-order valence-corrected chi connectivity index (χ1v) is 16.3. The zero-order chi connectivity index (χ0) is 31.6. The lowest BCUT2D eigenvalue weighted by atomic mass is 9.66. The normalized spacial score (nSPS) is 22.9. The Morgan fingerprint density at radius 3 is 2.42 bits per heavy atom. The van der Waals surface area contributed by atoms with Gasteiger partial charge in [0.25, 0.3) is 0 Å². The van der Waals surface area contributed by atoms with E-state index in [9.17, 15) is 33.0 Å². The number of carbonyl (C=O) groups excluding carboxylic acids is 2. The molecule has 1 unspecified atom stereocenters. The molecule has 2 aliphatic heterocycles. The number of hydrogen-bond acceptors (Lipinski definition) is 10. The molecule has 4 atom stereocenters.